The third-order valence-electron chi connectivity index (χ3n) is 5.17. The lowest BCUT2D eigenvalue weighted by molar-refractivity contribution is 0.0734. The van der Waals surface area contributed by atoms with E-state index in [1.807, 2.05) is 4.90 Å². The minimum atomic E-state index is -3.93. The topological polar surface area (TPSA) is 66.9 Å². The van der Waals surface area contributed by atoms with Gasteiger partial charge in [-0.3, -0.25) is 0 Å². The third kappa shape index (κ3) is 4.77. The minimum absolute atomic E-state index is 0.0298. The fraction of sp³-hybridized carbons (Fsp3) is 0.174. The maximum Gasteiger partial charge on any atom is 0.343 e. The van der Waals surface area contributed by atoms with Crippen LogP contribution in [0.3, 0.4) is 0 Å². The Morgan fingerprint density at radius 1 is 0.906 bits per heavy atom. The molecule has 0 aliphatic carbocycles. The molecule has 1 fully saturated rings. The second-order valence-electron chi connectivity index (χ2n) is 7.22. The Morgan fingerprint density at radius 3 is 2.22 bits per heavy atom. The molecule has 0 amide bonds. The summed E-state index contributed by atoms with van der Waals surface area (Å²) in [5, 5.41) is 0.0298. The van der Waals surface area contributed by atoms with E-state index in [1.165, 1.54) is 34.6 Å². The van der Waals surface area contributed by atoms with E-state index in [-0.39, 0.29) is 34.4 Å². The minimum Gasteiger partial charge on any atom is -0.423 e. The number of hydrogen-bond donors (Lipinski definition) is 0. The Labute approximate surface area is 190 Å². The van der Waals surface area contributed by atoms with Crippen molar-refractivity contribution in [2.24, 2.45) is 0 Å². The Balaban J connectivity index is 1.50. The number of carbonyl (C=O) groups excluding carboxylic acids is 1. The van der Waals surface area contributed by atoms with Crippen LogP contribution in [0.5, 0.6) is 5.75 Å². The zero-order valence-electron chi connectivity index (χ0n) is 16.9. The molecule has 1 heterocycles. The molecule has 32 heavy (non-hydrogen) atoms. The molecule has 0 N–H and O–H groups in total. The van der Waals surface area contributed by atoms with Crippen LogP contribution >= 0.6 is 11.6 Å². The first kappa shape index (κ1) is 22.3. The maximum absolute atomic E-state index is 13.3. The summed E-state index contributed by atoms with van der Waals surface area (Å²) in [5.74, 6) is -0.644. The van der Waals surface area contributed by atoms with Crippen LogP contribution in [0.25, 0.3) is 0 Å². The highest BCUT2D eigenvalue weighted by Gasteiger charge is 2.31. The number of esters is 1. The molecule has 0 saturated carbocycles. The predicted octanol–water partition coefficient (Wildman–Crippen LogP) is 4.21. The second-order valence-corrected chi connectivity index (χ2v) is 9.53. The quantitative estimate of drug-likeness (QED) is 0.409. The first-order valence-electron chi connectivity index (χ1n) is 9.92. The molecule has 0 unspecified atom stereocenters. The van der Waals surface area contributed by atoms with Crippen LogP contribution < -0.4 is 9.64 Å². The molecule has 4 rings (SSSR count). The van der Waals surface area contributed by atoms with Crippen molar-refractivity contribution in [3.05, 3.63) is 89.2 Å². The van der Waals surface area contributed by atoms with Gasteiger partial charge in [-0.25, -0.2) is 17.6 Å². The summed E-state index contributed by atoms with van der Waals surface area (Å²) in [4.78, 5) is 14.3. The van der Waals surface area contributed by atoms with Crippen LogP contribution in [0.15, 0.2) is 77.7 Å². The van der Waals surface area contributed by atoms with Gasteiger partial charge in [-0.15, -0.1) is 0 Å². The number of para-hydroxylation sites is 1. The van der Waals surface area contributed by atoms with Gasteiger partial charge >= 0.3 is 5.97 Å². The average molecular weight is 475 g/mol. The monoisotopic (exact) mass is 474 g/mol. The molecule has 166 valence electrons. The van der Waals surface area contributed by atoms with Crippen molar-refractivity contribution in [1.29, 1.82) is 0 Å². The van der Waals surface area contributed by atoms with Crippen LogP contribution in [-0.4, -0.2) is 44.9 Å². The van der Waals surface area contributed by atoms with Gasteiger partial charge in [0.25, 0.3) is 0 Å². The van der Waals surface area contributed by atoms with Crippen LogP contribution in [-0.2, 0) is 10.0 Å². The van der Waals surface area contributed by atoms with Crippen molar-refractivity contribution in [1.82, 2.24) is 4.31 Å². The Morgan fingerprint density at radius 2 is 1.56 bits per heavy atom. The Kier molecular flexibility index (Phi) is 6.45. The number of rotatable bonds is 5. The summed E-state index contributed by atoms with van der Waals surface area (Å²) in [7, 11) is -3.93. The van der Waals surface area contributed by atoms with Gasteiger partial charge < -0.3 is 9.64 Å². The number of anilines is 1. The lowest BCUT2D eigenvalue weighted by atomic mass is 10.2. The molecule has 3 aromatic carbocycles. The van der Waals surface area contributed by atoms with Crippen molar-refractivity contribution in [3.63, 3.8) is 0 Å². The molecule has 0 spiro atoms. The van der Waals surface area contributed by atoms with E-state index in [9.17, 15) is 17.6 Å². The molecule has 1 aliphatic rings. The second kappa shape index (κ2) is 9.28. The first-order valence-corrected chi connectivity index (χ1v) is 11.7. The van der Waals surface area contributed by atoms with Crippen molar-refractivity contribution in [2.75, 3.05) is 31.1 Å². The molecule has 0 aromatic heterocycles. The standard InChI is InChI=1S/C23H20ClFN2O4S/c24-21-11-6-17(23(28)31-20-4-2-1-3-5-20)16-22(21)32(29,30)27-14-12-26(13-15-27)19-9-7-18(25)8-10-19/h1-11,16H,12-15H2. The largest absolute Gasteiger partial charge is 0.423 e. The smallest absolute Gasteiger partial charge is 0.343 e. The third-order valence-corrected chi connectivity index (χ3v) is 7.55. The Bertz CT molecular complexity index is 1210. The number of halogens is 2. The normalized spacial score (nSPS) is 14.9. The summed E-state index contributed by atoms with van der Waals surface area (Å²) in [5.41, 5.74) is 0.911. The van der Waals surface area contributed by atoms with E-state index in [4.69, 9.17) is 16.3 Å². The molecule has 1 aliphatic heterocycles. The molecule has 6 nitrogen and oxygen atoms in total. The number of sulfonamides is 1. The van der Waals surface area contributed by atoms with Crippen molar-refractivity contribution >= 4 is 33.3 Å². The van der Waals surface area contributed by atoms with Gasteiger partial charge in [0.1, 0.15) is 16.5 Å². The number of piperazine rings is 1. The van der Waals surface area contributed by atoms with E-state index in [1.54, 1.807) is 42.5 Å². The number of hydrogen-bond acceptors (Lipinski definition) is 5. The fourth-order valence-corrected chi connectivity index (χ4v) is 5.38. The summed E-state index contributed by atoms with van der Waals surface area (Å²) in [6.07, 6.45) is 0. The number of benzene rings is 3. The van der Waals surface area contributed by atoms with Gasteiger partial charge in [-0.2, -0.15) is 4.31 Å². The SMILES string of the molecule is O=C(Oc1ccccc1)c1ccc(Cl)c(S(=O)(=O)N2CCN(c3ccc(F)cc3)CC2)c1. The highest BCUT2D eigenvalue weighted by molar-refractivity contribution is 7.89. The summed E-state index contributed by atoms with van der Waals surface area (Å²) in [6.45, 7) is 1.35. The zero-order valence-corrected chi connectivity index (χ0v) is 18.5. The Hall–Kier alpha value is -2.94. The van der Waals surface area contributed by atoms with E-state index in [2.05, 4.69) is 0 Å². The molecular weight excluding hydrogens is 455 g/mol. The number of nitrogens with zero attached hydrogens (tertiary/aromatic N) is 2. The van der Waals surface area contributed by atoms with E-state index >= 15 is 0 Å². The van der Waals surface area contributed by atoms with Gasteiger partial charge in [-0.05, 0) is 54.6 Å². The molecule has 0 atom stereocenters. The predicted molar refractivity (Wildman–Crippen MR) is 120 cm³/mol. The van der Waals surface area contributed by atoms with Crippen molar-refractivity contribution < 1.29 is 22.3 Å². The van der Waals surface area contributed by atoms with Gasteiger partial charge in [0.2, 0.25) is 10.0 Å². The van der Waals surface area contributed by atoms with E-state index in [0.717, 1.165) is 5.69 Å². The van der Waals surface area contributed by atoms with Gasteiger partial charge in [0, 0.05) is 31.9 Å². The molecule has 0 radical (unpaired) electrons. The lowest BCUT2D eigenvalue weighted by Crippen LogP contribution is -2.48. The summed E-state index contributed by atoms with van der Waals surface area (Å²) < 4.78 is 46.3. The fourth-order valence-electron chi connectivity index (χ4n) is 3.46. The van der Waals surface area contributed by atoms with E-state index in [0.29, 0.717) is 18.8 Å². The van der Waals surface area contributed by atoms with Gasteiger partial charge in [-0.1, -0.05) is 29.8 Å². The molecular formula is C23H20ClFN2O4S. The van der Waals surface area contributed by atoms with Crippen molar-refractivity contribution in [3.8, 4) is 5.75 Å². The highest BCUT2D eigenvalue weighted by Crippen LogP contribution is 2.28. The van der Waals surface area contributed by atoms with Gasteiger partial charge in [0.05, 0.1) is 10.6 Å². The molecule has 1 saturated heterocycles. The first-order chi connectivity index (χ1) is 15.3. The number of ether oxygens (including phenoxy) is 1. The van der Waals surface area contributed by atoms with Crippen LogP contribution in [0.2, 0.25) is 5.02 Å². The highest BCUT2D eigenvalue weighted by atomic mass is 35.5. The number of carbonyl (C=O) groups is 1. The summed E-state index contributed by atoms with van der Waals surface area (Å²) in [6, 6.07) is 18.6. The van der Waals surface area contributed by atoms with Crippen LogP contribution in [0.1, 0.15) is 10.4 Å². The molecule has 9 heteroatoms. The van der Waals surface area contributed by atoms with Crippen molar-refractivity contribution in [2.45, 2.75) is 4.90 Å². The molecule has 0 bridgehead atoms. The maximum atomic E-state index is 13.3. The summed E-state index contributed by atoms with van der Waals surface area (Å²) >= 11 is 6.20. The van der Waals surface area contributed by atoms with Gasteiger partial charge in [0.15, 0.2) is 0 Å². The van der Waals surface area contributed by atoms with Crippen LogP contribution in [0.4, 0.5) is 10.1 Å². The van der Waals surface area contributed by atoms with Crippen LogP contribution in [0, 0.1) is 5.82 Å². The average Bonchev–Trinajstić information content (AvgIpc) is 2.80. The zero-order chi connectivity index (χ0) is 22.7. The van der Waals surface area contributed by atoms with E-state index < -0.39 is 16.0 Å². The lowest BCUT2D eigenvalue weighted by Gasteiger charge is -2.35. The molecule has 3 aromatic rings.